The smallest absolute Gasteiger partial charge is 0.119 e. The quantitative estimate of drug-likeness (QED) is 0.867. The van der Waals surface area contributed by atoms with Gasteiger partial charge in [0.15, 0.2) is 0 Å². The molecule has 0 atom stereocenters. The lowest BCUT2D eigenvalue weighted by Crippen LogP contribution is -2.44. The van der Waals surface area contributed by atoms with Crippen molar-refractivity contribution in [2.24, 2.45) is 5.41 Å². The Labute approximate surface area is 101 Å². The average Bonchev–Trinajstić information content (AvgIpc) is 3.04. The fourth-order valence-electron chi connectivity index (χ4n) is 2.06. The first-order valence-electron chi connectivity index (χ1n) is 6.13. The van der Waals surface area contributed by atoms with Crippen LogP contribution < -0.4 is 4.74 Å². The van der Waals surface area contributed by atoms with Crippen LogP contribution in [0, 0.1) is 5.41 Å². The fraction of sp³-hybridized carbons (Fsp3) is 0.571. The lowest BCUT2D eigenvalue weighted by molar-refractivity contribution is -0.120. The maximum Gasteiger partial charge on any atom is 0.119 e. The maximum atomic E-state index is 9.94. The van der Waals surface area contributed by atoms with Crippen LogP contribution in [-0.4, -0.2) is 24.9 Å². The zero-order valence-electron chi connectivity index (χ0n) is 10.1. The van der Waals surface area contributed by atoms with E-state index in [0.29, 0.717) is 6.61 Å². The van der Waals surface area contributed by atoms with E-state index in [2.05, 4.69) is 6.92 Å². The largest absolute Gasteiger partial charge is 0.493 e. The lowest BCUT2D eigenvalue weighted by Gasteiger charge is -2.37. The van der Waals surface area contributed by atoms with E-state index in [0.717, 1.165) is 37.4 Å². The van der Waals surface area contributed by atoms with Crippen molar-refractivity contribution in [3.63, 3.8) is 0 Å². The molecule has 2 aliphatic rings. The molecule has 0 spiro atoms. The Morgan fingerprint density at radius 3 is 2.35 bits per heavy atom. The summed E-state index contributed by atoms with van der Waals surface area (Å²) in [5, 5.41) is 9.94. The van der Waals surface area contributed by atoms with Crippen molar-refractivity contribution in [3.8, 4) is 5.75 Å². The van der Waals surface area contributed by atoms with Crippen LogP contribution in [0.5, 0.6) is 5.75 Å². The molecule has 1 aliphatic carbocycles. The number of benzene rings is 1. The first kappa shape index (κ1) is 11.1. The maximum absolute atomic E-state index is 9.94. The molecule has 3 rings (SSSR count). The van der Waals surface area contributed by atoms with Crippen molar-refractivity contribution in [2.45, 2.75) is 25.4 Å². The zero-order valence-corrected chi connectivity index (χ0v) is 10.1. The molecule has 3 nitrogen and oxygen atoms in total. The molecule has 2 fully saturated rings. The molecule has 0 aromatic heterocycles. The number of ether oxygens (including phenoxy) is 2. The minimum absolute atomic E-state index is 0.174. The Morgan fingerprint density at radius 1 is 1.24 bits per heavy atom. The summed E-state index contributed by atoms with van der Waals surface area (Å²) >= 11 is 0. The van der Waals surface area contributed by atoms with Gasteiger partial charge in [0.25, 0.3) is 0 Å². The van der Waals surface area contributed by atoms with Gasteiger partial charge in [-0.05, 0) is 30.5 Å². The van der Waals surface area contributed by atoms with Crippen LogP contribution in [0.15, 0.2) is 24.3 Å². The molecule has 0 amide bonds. The van der Waals surface area contributed by atoms with Gasteiger partial charge in [0.2, 0.25) is 0 Å². The zero-order chi connectivity index (χ0) is 11.9. The van der Waals surface area contributed by atoms with Crippen LogP contribution in [0.2, 0.25) is 0 Å². The number of aliphatic hydroxyl groups is 1. The van der Waals surface area contributed by atoms with Gasteiger partial charge >= 0.3 is 0 Å². The average molecular weight is 234 g/mol. The van der Waals surface area contributed by atoms with Crippen LogP contribution >= 0.6 is 0 Å². The molecule has 0 unspecified atom stereocenters. The van der Waals surface area contributed by atoms with Gasteiger partial charge in [-0.2, -0.15) is 0 Å². The summed E-state index contributed by atoms with van der Waals surface area (Å²) in [4.78, 5) is 0. The molecule has 3 heteroatoms. The standard InChI is InChI=1S/C14H18O3/c1-13(8-16-9-13)10-17-12-4-2-11(3-5-12)14(15)6-7-14/h2-5,15H,6-10H2,1H3. The van der Waals surface area contributed by atoms with Gasteiger partial charge in [0, 0.05) is 5.41 Å². The summed E-state index contributed by atoms with van der Waals surface area (Å²) in [7, 11) is 0. The van der Waals surface area contributed by atoms with Crippen molar-refractivity contribution < 1.29 is 14.6 Å². The third-order valence-corrected chi connectivity index (χ3v) is 3.60. The number of hydrogen-bond donors (Lipinski definition) is 1. The summed E-state index contributed by atoms with van der Waals surface area (Å²) in [6.45, 7) is 4.42. The molecular weight excluding hydrogens is 216 g/mol. The van der Waals surface area contributed by atoms with Gasteiger partial charge in [0.05, 0.1) is 25.4 Å². The summed E-state index contributed by atoms with van der Waals surface area (Å²) < 4.78 is 10.9. The van der Waals surface area contributed by atoms with Crippen molar-refractivity contribution in [3.05, 3.63) is 29.8 Å². The first-order chi connectivity index (χ1) is 8.10. The van der Waals surface area contributed by atoms with Crippen LogP contribution in [-0.2, 0) is 10.3 Å². The highest BCUT2D eigenvalue weighted by atomic mass is 16.5. The van der Waals surface area contributed by atoms with Gasteiger partial charge in [-0.1, -0.05) is 19.1 Å². The SMILES string of the molecule is CC1(COc2ccc(C3(O)CC3)cc2)COC1. The van der Waals surface area contributed by atoms with E-state index in [-0.39, 0.29) is 5.41 Å². The van der Waals surface area contributed by atoms with Gasteiger partial charge in [-0.15, -0.1) is 0 Å². The minimum Gasteiger partial charge on any atom is -0.493 e. The van der Waals surface area contributed by atoms with Crippen LogP contribution in [0.1, 0.15) is 25.3 Å². The summed E-state index contributed by atoms with van der Waals surface area (Å²) in [5.41, 5.74) is 0.628. The van der Waals surface area contributed by atoms with Crippen molar-refractivity contribution in [1.29, 1.82) is 0 Å². The first-order valence-corrected chi connectivity index (χ1v) is 6.13. The second-order valence-corrected chi connectivity index (χ2v) is 5.65. The van der Waals surface area contributed by atoms with Crippen molar-refractivity contribution in [2.75, 3.05) is 19.8 Å². The highest BCUT2D eigenvalue weighted by Gasteiger charge is 2.42. The molecule has 1 heterocycles. The topological polar surface area (TPSA) is 38.7 Å². The van der Waals surface area contributed by atoms with Gasteiger partial charge in [-0.3, -0.25) is 0 Å². The Hall–Kier alpha value is -1.06. The molecule has 1 aromatic rings. The van der Waals surface area contributed by atoms with E-state index in [9.17, 15) is 5.11 Å². The van der Waals surface area contributed by atoms with Crippen molar-refractivity contribution >= 4 is 0 Å². The van der Waals surface area contributed by atoms with E-state index in [1.807, 2.05) is 24.3 Å². The molecule has 1 saturated carbocycles. The van der Waals surface area contributed by atoms with E-state index >= 15 is 0 Å². The molecule has 17 heavy (non-hydrogen) atoms. The molecule has 0 bridgehead atoms. The minimum atomic E-state index is -0.549. The molecular formula is C14H18O3. The van der Waals surface area contributed by atoms with Gasteiger partial charge < -0.3 is 14.6 Å². The molecule has 1 N–H and O–H groups in total. The van der Waals surface area contributed by atoms with Crippen LogP contribution in [0.25, 0.3) is 0 Å². The normalized spacial score (nSPS) is 23.9. The Bertz CT molecular complexity index is 402. The molecule has 1 saturated heterocycles. The third-order valence-electron chi connectivity index (χ3n) is 3.60. The highest BCUT2D eigenvalue weighted by Crippen LogP contribution is 2.45. The molecule has 1 aliphatic heterocycles. The molecule has 0 radical (unpaired) electrons. The van der Waals surface area contributed by atoms with Crippen LogP contribution in [0.4, 0.5) is 0 Å². The highest BCUT2D eigenvalue weighted by molar-refractivity contribution is 5.33. The molecule has 1 aromatic carbocycles. The monoisotopic (exact) mass is 234 g/mol. The fourth-order valence-corrected chi connectivity index (χ4v) is 2.06. The van der Waals surface area contributed by atoms with Gasteiger partial charge in [0.1, 0.15) is 5.75 Å². The third kappa shape index (κ3) is 2.17. The second-order valence-electron chi connectivity index (χ2n) is 5.65. The Balaban J connectivity index is 1.60. The second kappa shape index (κ2) is 3.72. The van der Waals surface area contributed by atoms with E-state index < -0.39 is 5.60 Å². The van der Waals surface area contributed by atoms with Gasteiger partial charge in [-0.25, -0.2) is 0 Å². The predicted molar refractivity (Wildman–Crippen MR) is 64.0 cm³/mol. The van der Waals surface area contributed by atoms with E-state index in [1.54, 1.807) is 0 Å². The summed E-state index contributed by atoms with van der Waals surface area (Å²) in [6, 6.07) is 7.80. The van der Waals surface area contributed by atoms with E-state index in [1.165, 1.54) is 0 Å². The van der Waals surface area contributed by atoms with E-state index in [4.69, 9.17) is 9.47 Å². The summed E-state index contributed by atoms with van der Waals surface area (Å²) in [5.74, 6) is 0.867. The Morgan fingerprint density at radius 2 is 1.88 bits per heavy atom. The number of hydrogen-bond acceptors (Lipinski definition) is 3. The molecule has 92 valence electrons. The lowest BCUT2D eigenvalue weighted by atomic mass is 9.90. The predicted octanol–water partition coefficient (Wildman–Crippen LogP) is 2.08. The Kier molecular flexibility index (Phi) is 2.42. The van der Waals surface area contributed by atoms with Crippen LogP contribution in [0.3, 0.4) is 0 Å². The van der Waals surface area contributed by atoms with Crippen molar-refractivity contribution in [1.82, 2.24) is 0 Å². The number of rotatable bonds is 4. The summed E-state index contributed by atoms with van der Waals surface area (Å²) in [6.07, 6.45) is 1.76.